The van der Waals surface area contributed by atoms with Gasteiger partial charge in [0.05, 0.1) is 0 Å². The van der Waals surface area contributed by atoms with Crippen molar-refractivity contribution in [1.29, 1.82) is 0 Å². The zero-order valence-corrected chi connectivity index (χ0v) is 42.5. The van der Waals surface area contributed by atoms with E-state index in [0.29, 0.717) is 0 Å². The van der Waals surface area contributed by atoms with Gasteiger partial charge in [-0.3, -0.25) is 0 Å². The molecular weight excluding hydrogens is 819 g/mol. The first-order chi connectivity index (χ1) is 31.5. The van der Waals surface area contributed by atoms with Crippen LogP contribution in [-0.4, -0.2) is 4.70 Å². The molecule has 1 aliphatic rings. The molecule has 4 aromatic carbocycles. The van der Waals surface area contributed by atoms with Crippen molar-refractivity contribution in [2.24, 2.45) is 0 Å². The van der Waals surface area contributed by atoms with Gasteiger partial charge < -0.3 is 5.53 Å². The fourth-order valence-corrected chi connectivity index (χ4v) is 10.2. The summed E-state index contributed by atoms with van der Waals surface area (Å²) in [4.78, 5) is 0. The Morgan fingerprint density at radius 2 is 0.656 bits per heavy atom. The predicted octanol–water partition coefficient (Wildman–Crippen LogP) is 18.8. The van der Waals surface area contributed by atoms with Crippen LogP contribution in [0.4, 0.5) is 0 Å². The van der Waals surface area contributed by atoms with Crippen LogP contribution in [0.3, 0.4) is 0 Å². The van der Waals surface area contributed by atoms with E-state index >= 15 is 0 Å². The van der Waals surface area contributed by atoms with E-state index in [0.717, 1.165) is 60.7 Å². The van der Waals surface area contributed by atoms with Gasteiger partial charge in [-0.15, -0.1) is 0 Å². The molecule has 0 saturated heterocycles. The third kappa shape index (κ3) is 18.7. The molecule has 0 unspecified atom stereocenters. The normalized spacial score (nSPS) is 12.7. The predicted molar refractivity (Wildman–Crippen MR) is 276 cm³/mol. The Balaban J connectivity index is 0.000000499. The minimum absolute atomic E-state index is 1.04. The van der Waals surface area contributed by atoms with Crippen LogP contribution in [0.2, 0.25) is 0 Å². The molecule has 0 spiro atoms. The van der Waals surface area contributed by atoms with Crippen molar-refractivity contribution < 1.29 is 19.1 Å². The molecule has 64 heavy (non-hydrogen) atoms. The molecule has 2 nitrogen and oxygen atoms in total. The van der Waals surface area contributed by atoms with E-state index in [-0.39, 0.29) is 0 Å². The number of nitrogens with zero attached hydrogens (tertiary/aromatic N) is 2. The van der Waals surface area contributed by atoms with Crippen LogP contribution < -0.4 is 0 Å². The van der Waals surface area contributed by atoms with Crippen LogP contribution in [-0.2, 0) is 50.9 Å². The Kier molecular flexibility index (Phi) is 26.7. The zero-order valence-electron chi connectivity index (χ0n) is 41.5. The Labute approximate surface area is 399 Å². The monoisotopic (exact) mass is 907 g/mol. The summed E-state index contributed by atoms with van der Waals surface area (Å²) in [5.41, 5.74) is 28.6. The summed E-state index contributed by atoms with van der Waals surface area (Å²) < 4.78 is 1.68. The third-order valence-corrected chi connectivity index (χ3v) is 14.0. The summed E-state index contributed by atoms with van der Waals surface area (Å²) in [7, 11) is 0. The molecule has 0 saturated carbocycles. The molecule has 352 valence electrons. The van der Waals surface area contributed by atoms with Crippen LogP contribution in [0, 0.1) is 0 Å². The van der Waals surface area contributed by atoms with Crippen LogP contribution >= 0.6 is 0 Å². The standard InChI is InChI=1S/C47H74N2.2C7H7.Ni/c1-7-13-19-20-21-25-31-45-44(30-24-16-10-4)46(42-34-38(26-17-11-5)32-40(36-42)28-22-14-8-2)49(48)47(45)43-35-39(27-18-12-6)33-41(37-43)29-23-15-9-3;2*1-7-5-3-2-4-6-7;/h32-37H,7-31H2,1-6H3;2*2-6H,1H2;. The van der Waals surface area contributed by atoms with Gasteiger partial charge in [0.25, 0.3) is 0 Å². The number of unbranched alkanes of at least 4 members (excludes halogenated alkanes) is 13. The molecule has 0 N–H and O–H groups in total. The van der Waals surface area contributed by atoms with E-state index in [1.54, 1.807) is 19.1 Å². The maximum absolute atomic E-state index is 12.6. The summed E-state index contributed by atoms with van der Waals surface area (Å²) in [5, 5.41) is 2.23. The first kappa shape index (κ1) is 53.1. The summed E-state index contributed by atoms with van der Waals surface area (Å²) >= 11 is 1.78. The minimum atomic E-state index is 1.04. The van der Waals surface area contributed by atoms with Crippen molar-refractivity contribution in [2.75, 3.05) is 0 Å². The van der Waals surface area contributed by atoms with Gasteiger partial charge in [-0.2, -0.15) is 0 Å². The van der Waals surface area contributed by atoms with Gasteiger partial charge in [0, 0.05) is 22.3 Å². The molecule has 1 heterocycles. The van der Waals surface area contributed by atoms with E-state index in [9.17, 15) is 5.53 Å². The topological polar surface area (TPSA) is 25.3 Å². The summed E-state index contributed by atoms with van der Waals surface area (Å²) in [5.74, 6) is 0. The van der Waals surface area contributed by atoms with E-state index in [4.69, 9.17) is 0 Å². The number of benzene rings is 4. The SMILES string of the molecule is CCCCCCCCC1=C(c2cc(CCCC)cc(CCCCC)c2)[N+](=[N-])C(c2cc(CCCC)cc(CCCCC)c2)=C1CCCCC.c1ccc([CH2][Ni][CH2]c2ccccc2)cc1. The number of aryl methyl sites for hydroxylation is 4. The first-order valence-electron chi connectivity index (χ1n) is 26.2. The van der Waals surface area contributed by atoms with E-state index in [2.05, 4.69) is 139 Å². The quantitative estimate of drug-likeness (QED) is 0.0273. The average Bonchev–Trinajstić information content (AvgIpc) is 3.59. The van der Waals surface area contributed by atoms with Crippen molar-refractivity contribution in [2.45, 2.75) is 213 Å². The number of hydrogen-bond acceptors (Lipinski definition) is 0. The fourth-order valence-electron chi connectivity index (χ4n) is 9.04. The molecule has 0 bridgehead atoms. The second-order valence-electron chi connectivity index (χ2n) is 18.5. The summed E-state index contributed by atoms with van der Waals surface area (Å²) in [6, 6.07) is 35.9. The van der Waals surface area contributed by atoms with Crippen molar-refractivity contribution >= 4 is 11.4 Å². The molecule has 0 fully saturated rings. The van der Waals surface area contributed by atoms with Crippen LogP contribution in [0.1, 0.15) is 221 Å². The van der Waals surface area contributed by atoms with E-state index in [1.165, 1.54) is 178 Å². The van der Waals surface area contributed by atoms with Gasteiger partial charge in [-0.1, -0.05) is 137 Å². The van der Waals surface area contributed by atoms with Crippen molar-refractivity contribution in [3.05, 3.63) is 158 Å². The average molecular weight is 908 g/mol. The zero-order chi connectivity index (χ0) is 45.6. The molecule has 4 aromatic rings. The first-order valence-corrected chi connectivity index (χ1v) is 27.6. The fraction of sp³-hybridized carbons (Fsp3) is 0.541. The van der Waals surface area contributed by atoms with Crippen molar-refractivity contribution in [3.63, 3.8) is 0 Å². The van der Waals surface area contributed by atoms with Crippen LogP contribution in [0.25, 0.3) is 16.9 Å². The van der Waals surface area contributed by atoms with E-state index < -0.39 is 0 Å². The number of hydrogen-bond donors (Lipinski definition) is 0. The van der Waals surface area contributed by atoms with Crippen molar-refractivity contribution in [1.82, 2.24) is 0 Å². The molecule has 5 rings (SSSR count). The van der Waals surface area contributed by atoms with E-state index in [1.807, 2.05) is 0 Å². The molecule has 3 heteroatoms. The third-order valence-electron chi connectivity index (χ3n) is 12.7. The Hall–Kier alpha value is -3.55. The molecular formula is C61H88N2Ni. The summed E-state index contributed by atoms with van der Waals surface area (Å²) in [6.45, 7) is 13.8. The number of allylic oxidation sites excluding steroid dienone is 2. The molecule has 0 aromatic heterocycles. The van der Waals surface area contributed by atoms with Crippen LogP contribution in [0.15, 0.2) is 108 Å². The molecule has 0 atom stereocenters. The van der Waals surface area contributed by atoms with Gasteiger partial charge >= 0.3 is 97.0 Å². The second-order valence-corrected chi connectivity index (χ2v) is 19.7. The van der Waals surface area contributed by atoms with Gasteiger partial charge in [-0.25, -0.2) is 4.70 Å². The Morgan fingerprint density at radius 3 is 1.05 bits per heavy atom. The second kappa shape index (κ2) is 32.2. The van der Waals surface area contributed by atoms with Gasteiger partial charge in [0.15, 0.2) is 0 Å². The van der Waals surface area contributed by atoms with Crippen LogP contribution in [0.5, 0.6) is 0 Å². The van der Waals surface area contributed by atoms with Crippen molar-refractivity contribution in [3.8, 4) is 0 Å². The molecule has 0 amide bonds. The van der Waals surface area contributed by atoms with Gasteiger partial charge in [0.2, 0.25) is 11.4 Å². The maximum atomic E-state index is 12.6. The van der Waals surface area contributed by atoms with Gasteiger partial charge in [0.1, 0.15) is 0 Å². The Bertz CT molecular complexity index is 1920. The molecule has 1 aliphatic heterocycles. The number of rotatable bonds is 31. The summed E-state index contributed by atoms with van der Waals surface area (Å²) in [6.07, 6.45) is 30.2. The Morgan fingerprint density at radius 1 is 0.344 bits per heavy atom. The van der Waals surface area contributed by atoms with Gasteiger partial charge in [-0.05, 0) is 124 Å². The molecule has 0 aliphatic carbocycles. The molecule has 0 radical (unpaired) electrons.